The number of piperazine rings is 1. The Kier molecular flexibility index (Phi) is 5.30. The van der Waals surface area contributed by atoms with Crippen LogP contribution in [-0.2, 0) is 0 Å². The molecule has 1 saturated carbocycles. The van der Waals surface area contributed by atoms with E-state index < -0.39 is 0 Å². The summed E-state index contributed by atoms with van der Waals surface area (Å²) in [6, 6.07) is 0.767. The van der Waals surface area contributed by atoms with Crippen molar-refractivity contribution in [2.45, 2.75) is 77.8 Å². The zero-order valence-corrected chi connectivity index (χ0v) is 13.5. The van der Waals surface area contributed by atoms with Crippen LogP contribution < -0.4 is 5.32 Å². The van der Waals surface area contributed by atoms with Crippen molar-refractivity contribution >= 4 is 0 Å². The minimum absolute atomic E-state index is 0.402. The van der Waals surface area contributed by atoms with E-state index in [4.69, 9.17) is 0 Å². The molecule has 1 N–H and O–H groups in total. The highest BCUT2D eigenvalue weighted by atomic mass is 15.3. The molecule has 0 aromatic heterocycles. The molecule has 1 aliphatic carbocycles. The van der Waals surface area contributed by atoms with E-state index in [2.05, 4.69) is 37.9 Å². The maximum absolute atomic E-state index is 3.89. The molecule has 2 aliphatic rings. The van der Waals surface area contributed by atoms with Gasteiger partial charge in [-0.2, -0.15) is 0 Å². The lowest BCUT2D eigenvalue weighted by Crippen LogP contribution is -2.64. The van der Waals surface area contributed by atoms with Crippen LogP contribution in [0, 0.1) is 11.8 Å². The third-order valence-electron chi connectivity index (χ3n) is 5.06. The lowest BCUT2D eigenvalue weighted by atomic mass is 9.88. The summed E-state index contributed by atoms with van der Waals surface area (Å²) in [7, 11) is 0. The standard InChI is InChI=1S/C17H34N2/c1-5-6-7-10-19-13-17(4,15-8-9-15)18-12-16(19)11-14(2)3/h14-16,18H,5-13H2,1-4H3. The highest BCUT2D eigenvalue weighted by Crippen LogP contribution is 2.41. The topological polar surface area (TPSA) is 15.3 Å². The Morgan fingerprint density at radius 1 is 1.26 bits per heavy atom. The Bertz CT molecular complexity index is 272. The molecule has 2 atom stereocenters. The molecule has 0 radical (unpaired) electrons. The van der Waals surface area contributed by atoms with E-state index in [0.717, 1.165) is 17.9 Å². The summed E-state index contributed by atoms with van der Waals surface area (Å²) in [5.74, 6) is 1.76. The molecule has 0 bridgehead atoms. The number of rotatable bonds is 7. The van der Waals surface area contributed by atoms with E-state index in [1.54, 1.807) is 0 Å². The number of unbranched alkanes of at least 4 members (excludes halogenated alkanes) is 2. The zero-order valence-electron chi connectivity index (χ0n) is 13.5. The van der Waals surface area contributed by atoms with Gasteiger partial charge in [0.05, 0.1) is 0 Å². The highest BCUT2D eigenvalue weighted by Gasteiger charge is 2.45. The van der Waals surface area contributed by atoms with Crippen molar-refractivity contribution in [1.82, 2.24) is 10.2 Å². The Morgan fingerprint density at radius 3 is 2.58 bits per heavy atom. The van der Waals surface area contributed by atoms with Gasteiger partial charge in [-0.05, 0) is 51.0 Å². The SMILES string of the molecule is CCCCCN1CC(C)(C2CC2)NCC1CC(C)C. The quantitative estimate of drug-likeness (QED) is 0.707. The van der Waals surface area contributed by atoms with E-state index in [-0.39, 0.29) is 0 Å². The van der Waals surface area contributed by atoms with Crippen LogP contribution in [0.5, 0.6) is 0 Å². The van der Waals surface area contributed by atoms with Crippen LogP contribution in [0.15, 0.2) is 0 Å². The fourth-order valence-corrected chi connectivity index (χ4v) is 3.68. The summed E-state index contributed by atoms with van der Waals surface area (Å²) in [5.41, 5.74) is 0.402. The molecule has 2 fully saturated rings. The van der Waals surface area contributed by atoms with E-state index in [9.17, 15) is 0 Å². The molecule has 112 valence electrons. The van der Waals surface area contributed by atoms with E-state index in [0.29, 0.717) is 5.54 Å². The first-order valence-corrected chi connectivity index (χ1v) is 8.54. The van der Waals surface area contributed by atoms with Crippen LogP contribution in [0.3, 0.4) is 0 Å². The predicted octanol–water partition coefficient (Wildman–Crippen LogP) is 3.67. The van der Waals surface area contributed by atoms with Gasteiger partial charge >= 0.3 is 0 Å². The average Bonchev–Trinajstić information content (AvgIpc) is 3.17. The van der Waals surface area contributed by atoms with Crippen molar-refractivity contribution in [3.05, 3.63) is 0 Å². The van der Waals surface area contributed by atoms with Gasteiger partial charge in [-0.3, -0.25) is 4.90 Å². The van der Waals surface area contributed by atoms with Crippen LogP contribution in [0.4, 0.5) is 0 Å². The van der Waals surface area contributed by atoms with Gasteiger partial charge in [0, 0.05) is 24.7 Å². The monoisotopic (exact) mass is 266 g/mol. The van der Waals surface area contributed by atoms with Crippen molar-refractivity contribution < 1.29 is 0 Å². The first-order chi connectivity index (χ1) is 9.05. The van der Waals surface area contributed by atoms with E-state index >= 15 is 0 Å². The average molecular weight is 266 g/mol. The van der Waals surface area contributed by atoms with Crippen LogP contribution in [0.25, 0.3) is 0 Å². The van der Waals surface area contributed by atoms with Crippen molar-refractivity contribution in [1.29, 1.82) is 0 Å². The molecule has 2 rings (SSSR count). The Morgan fingerprint density at radius 2 is 2.00 bits per heavy atom. The molecule has 1 aliphatic heterocycles. The van der Waals surface area contributed by atoms with E-state index in [1.165, 1.54) is 58.2 Å². The second-order valence-corrected chi connectivity index (χ2v) is 7.53. The second-order valence-electron chi connectivity index (χ2n) is 7.53. The predicted molar refractivity (Wildman–Crippen MR) is 83.5 cm³/mol. The van der Waals surface area contributed by atoms with E-state index in [1.807, 2.05) is 0 Å². The summed E-state index contributed by atoms with van der Waals surface area (Å²) < 4.78 is 0. The van der Waals surface area contributed by atoms with Crippen molar-refractivity contribution in [3.8, 4) is 0 Å². The van der Waals surface area contributed by atoms with Crippen LogP contribution in [-0.4, -0.2) is 36.1 Å². The summed E-state index contributed by atoms with van der Waals surface area (Å²) in [5, 5.41) is 3.89. The zero-order chi connectivity index (χ0) is 13.9. The normalized spacial score (nSPS) is 33.0. The molecule has 0 spiro atoms. The lowest BCUT2D eigenvalue weighted by Gasteiger charge is -2.47. The highest BCUT2D eigenvalue weighted by molar-refractivity contribution is 5.04. The molecule has 0 aromatic rings. The molecule has 0 amide bonds. The van der Waals surface area contributed by atoms with Gasteiger partial charge in [0.1, 0.15) is 0 Å². The first kappa shape index (κ1) is 15.3. The molecule has 2 unspecified atom stereocenters. The number of nitrogens with one attached hydrogen (secondary N) is 1. The molecule has 0 aromatic carbocycles. The summed E-state index contributed by atoms with van der Waals surface area (Å²) >= 11 is 0. The van der Waals surface area contributed by atoms with Gasteiger partial charge in [0.25, 0.3) is 0 Å². The van der Waals surface area contributed by atoms with Crippen molar-refractivity contribution in [2.24, 2.45) is 11.8 Å². The maximum atomic E-state index is 3.89. The largest absolute Gasteiger partial charge is 0.308 e. The van der Waals surface area contributed by atoms with Crippen molar-refractivity contribution in [2.75, 3.05) is 19.6 Å². The molecular weight excluding hydrogens is 232 g/mol. The number of hydrogen-bond acceptors (Lipinski definition) is 2. The smallest absolute Gasteiger partial charge is 0.0309 e. The van der Waals surface area contributed by atoms with Crippen LogP contribution >= 0.6 is 0 Å². The minimum Gasteiger partial charge on any atom is -0.308 e. The van der Waals surface area contributed by atoms with Gasteiger partial charge in [-0.25, -0.2) is 0 Å². The van der Waals surface area contributed by atoms with Gasteiger partial charge in [0.15, 0.2) is 0 Å². The molecule has 1 saturated heterocycles. The Balaban J connectivity index is 1.92. The molecular formula is C17H34N2. The molecule has 1 heterocycles. The van der Waals surface area contributed by atoms with Gasteiger partial charge in [-0.1, -0.05) is 33.6 Å². The molecule has 2 heteroatoms. The third kappa shape index (κ3) is 4.19. The fraction of sp³-hybridized carbons (Fsp3) is 1.00. The molecule has 2 nitrogen and oxygen atoms in total. The van der Waals surface area contributed by atoms with Gasteiger partial charge < -0.3 is 5.32 Å². The summed E-state index contributed by atoms with van der Waals surface area (Å²) in [6.07, 6.45) is 8.34. The minimum atomic E-state index is 0.402. The van der Waals surface area contributed by atoms with Gasteiger partial charge in [-0.15, -0.1) is 0 Å². The number of hydrogen-bond donors (Lipinski definition) is 1. The van der Waals surface area contributed by atoms with Crippen LogP contribution in [0.1, 0.15) is 66.2 Å². The van der Waals surface area contributed by atoms with Crippen LogP contribution in [0.2, 0.25) is 0 Å². The van der Waals surface area contributed by atoms with Crippen molar-refractivity contribution in [3.63, 3.8) is 0 Å². The summed E-state index contributed by atoms with van der Waals surface area (Å²) in [6.45, 7) is 13.3. The third-order valence-corrected chi connectivity index (χ3v) is 5.06. The Hall–Kier alpha value is -0.0800. The Labute approximate surface area is 120 Å². The fourth-order valence-electron chi connectivity index (χ4n) is 3.68. The van der Waals surface area contributed by atoms with Gasteiger partial charge in [0.2, 0.25) is 0 Å². The molecule has 19 heavy (non-hydrogen) atoms. The number of nitrogens with zero attached hydrogens (tertiary/aromatic N) is 1. The maximum Gasteiger partial charge on any atom is 0.0309 e. The first-order valence-electron chi connectivity index (χ1n) is 8.54. The lowest BCUT2D eigenvalue weighted by molar-refractivity contribution is 0.0630. The summed E-state index contributed by atoms with van der Waals surface area (Å²) in [4.78, 5) is 2.81. The second kappa shape index (κ2) is 6.58.